The molecule has 0 aromatic heterocycles. The van der Waals surface area contributed by atoms with Crippen molar-refractivity contribution in [3.05, 3.63) is 23.8 Å². The van der Waals surface area contributed by atoms with Crippen molar-refractivity contribution in [3.8, 4) is 17.6 Å². The number of methoxy groups -OCH3 is 1. The smallest absolute Gasteiger partial charge is 0.141 e. The molecule has 0 aliphatic carbocycles. The van der Waals surface area contributed by atoms with E-state index < -0.39 is 0 Å². The lowest BCUT2D eigenvalue weighted by atomic mass is 10.2. The molecule has 0 amide bonds. The van der Waals surface area contributed by atoms with Crippen molar-refractivity contribution in [3.63, 3.8) is 0 Å². The second-order valence-electron chi connectivity index (χ2n) is 2.70. The second kappa shape index (κ2) is 5.56. The quantitative estimate of drug-likeness (QED) is 0.499. The molecule has 1 aromatic rings. The summed E-state index contributed by atoms with van der Waals surface area (Å²) in [6.45, 7) is 0. The summed E-state index contributed by atoms with van der Waals surface area (Å²) in [6, 6.07) is 5.55. The summed E-state index contributed by atoms with van der Waals surface area (Å²) in [5, 5.41) is 0.894. The van der Waals surface area contributed by atoms with Crippen molar-refractivity contribution in [1.29, 1.82) is 0 Å². The summed E-state index contributed by atoms with van der Waals surface area (Å²) < 4.78 is 5.04. The summed E-state index contributed by atoms with van der Waals surface area (Å²) >= 11 is 3.31. The summed E-state index contributed by atoms with van der Waals surface area (Å²) in [4.78, 5) is 0. The Morgan fingerprint density at radius 3 is 2.86 bits per heavy atom. The van der Waals surface area contributed by atoms with Gasteiger partial charge < -0.3 is 10.5 Å². The molecular formula is C11H12BrNO. The highest BCUT2D eigenvalue weighted by molar-refractivity contribution is 9.09. The number of ether oxygens (including phenoxy) is 1. The highest BCUT2D eigenvalue weighted by atomic mass is 79.9. The molecule has 0 unspecified atom stereocenters. The average Bonchev–Trinajstić information content (AvgIpc) is 2.18. The largest absolute Gasteiger partial charge is 0.495 e. The van der Waals surface area contributed by atoms with Crippen LogP contribution in [0.2, 0.25) is 0 Å². The molecule has 2 N–H and O–H groups in total. The van der Waals surface area contributed by atoms with Crippen LogP contribution >= 0.6 is 15.9 Å². The first-order valence-electron chi connectivity index (χ1n) is 4.26. The van der Waals surface area contributed by atoms with Crippen molar-refractivity contribution < 1.29 is 4.74 Å². The van der Waals surface area contributed by atoms with Crippen LogP contribution in [0.4, 0.5) is 5.69 Å². The molecule has 1 rings (SSSR count). The monoisotopic (exact) mass is 253 g/mol. The van der Waals surface area contributed by atoms with Crippen LogP contribution in [0, 0.1) is 11.8 Å². The van der Waals surface area contributed by atoms with E-state index in [1.807, 2.05) is 18.2 Å². The van der Waals surface area contributed by atoms with E-state index >= 15 is 0 Å². The van der Waals surface area contributed by atoms with E-state index in [9.17, 15) is 0 Å². The first-order valence-corrected chi connectivity index (χ1v) is 5.38. The standard InChI is InChI=1S/C11H12BrNO/c1-14-11-6-5-9(8-10(11)13)4-2-3-7-12/h5-6,8H,3,7,13H2,1H3. The lowest BCUT2D eigenvalue weighted by molar-refractivity contribution is 0.417. The first-order chi connectivity index (χ1) is 6.77. The van der Waals surface area contributed by atoms with Crippen LogP contribution in [0.25, 0.3) is 0 Å². The van der Waals surface area contributed by atoms with Crippen LogP contribution in [0.1, 0.15) is 12.0 Å². The zero-order valence-electron chi connectivity index (χ0n) is 8.01. The number of halogens is 1. The van der Waals surface area contributed by atoms with Crippen LogP contribution in [-0.2, 0) is 0 Å². The zero-order valence-corrected chi connectivity index (χ0v) is 9.60. The number of nitrogen functional groups attached to an aromatic ring is 1. The summed E-state index contributed by atoms with van der Waals surface area (Å²) in [6.07, 6.45) is 0.839. The fourth-order valence-corrected chi connectivity index (χ4v) is 1.22. The van der Waals surface area contributed by atoms with Gasteiger partial charge in [-0.2, -0.15) is 0 Å². The Labute approximate surface area is 92.6 Å². The van der Waals surface area contributed by atoms with E-state index in [2.05, 4.69) is 27.8 Å². The molecule has 1 aromatic carbocycles. The van der Waals surface area contributed by atoms with Crippen LogP contribution in [0.3, 0.4) is 0 Å². The molecular weight excluding hydrogens is 242 g/mol. The molecule has 2 nitrogen and oxygen atoms in total. The van der Waals surface area contributed by atoms with Crippen molar-refractivity contribution in [2.75, 3.05) is 18.2 Å². The topological polar surface area (TPSA) is 35.2 Å². The first kappa shape index (κ1) is 10.9. The van der Waals surface area contributed by atoms with E-state index in [0.29, 0.717) is 11.4 Å². The van der Waals surface area contributed by atoms with Crippen LogP contribution in [-0.4, -0.2) is 12.4 Å². The average molecular weight is 254 g/mol. The van der Waals surface area contributed by atoms with E-state index in [4.69, 9.17) is 10.5 Å². The van der Waals surface area contributed by atoms with Gasteiger partial charge in [0.05, 0.1) is 12.8 Å². The van der Waals surface area contributed by atoms with Gasteiger partial charge in [-0.3, -0.25) is 0 Å². The lowest BCUT2D eigenvalue weighted by Crippen LogP contribution is -1.92. The maximum Gasteiger partial charge on any atom is 0.141 e. The van der Waals surface area contributed by atoms with E-state index in [1.54, 1.807) is 7.11 Å². The Morgan fingerprint density at radius 1 is 1.50 bits per heavy atom. The number of hydrogen-bond donors (Lipinski definition) is 1. The van der Waals surface area contributed by atoms with Gasteiger partial charge in [-0.05, 0) is 18.2 Å². The normalized spacial score (nSPS) is 9.00. The molecule has 0 heterocycles. The van der Waals surface area contributed by atoms with Gasteiger partial charge in [-0.25, -0.2) is 0 Å². The van der Waals surface area contributed by atoms with Crippen LogP contribution in [0.5, 0.6) is 5.75 Å². The Balaban J connectivity index is 2.82. The molecule has 0 aliphatic rings. The minimum absolute atomic E-state index is 0.623. The molecule has 0 atom stereocenters. The van der Waals surface area contributed by atoms with Crippen LogP contribution in [0.15, 0.2) is 18.2 Å². The predicted octanol–water partition coefficient (Wildman–Crippen LogP) is 2.41. The van der Waals surface area contributed by atoms with Gasteiger partial charge in [0.15, 0.2) is 0 Å². The molecule has 3 heteroatoms. The number of anilines is 1. The number of nitrogens with two attached hydrogens (primary N) is 1. The number of benzene rings is 1. The molecule has 0 fully saturated rings. The SMILES string of the molecule is COc1ccc(C#CCCBr)cc1N. The Hall–Kier alpha value is -1.14. The Kier molecular flexibility index (Phi) is 4.34. The number of rotatable bonds is 2. The predicted molar refractivity (Wildman–Crippen MR) is 62.7 cm³/mol. The van der Waals surface area contributed by atoms with Gasteiger partial charge in [-0.1, -0.05) is 27.8 Å². The Bertz CT molecular complexity index is 365. The molecule has 0 radical (unpaired) electrons. The Morgan fingerprint density at radius 2 is 2.29 bits per heavy atom. The van der Waals surface area contributed by atoms with Gasteiger partial charge in [0.25, 0.3) is 0 Å². The molecule has 0 saturated heterocycles. The third kappa shape index (κ3) is 2.97. The molecule has 0 spiro atoms. The summed E-state index contributed by atoms with van der Waals surface area (Å²) in [5.41, 5.74) is 7.28. The highest BCUT2D eigenvalue weighted by Gasteiger charge is 1.97. The summed E-state index contributed by atoms with van der Waals surface area (Å²) in [7, 11) is 1.60. The zero-order chi connectivity index (χ0) is 10.4. The van der Waals surface area contributed by atoms with E-state index in [0.717, 1.165) is 17.3 Å². The van der Waals surface area contributed by atoms with Gasteiger partial charge in [0, 0.05) is 17.3 Å². The van der Waals surface area contributed by atoms with Crippen molar-refractivity contribution >= 4 is 21.6 Å². The fourth-order valence-electron chi connectivity index (χ4n) is 1.02. The lowest BCUT2D eigenvalue weighted by Gasteiger charge is -2.03. The third-order valence-corrected chi connectivity index (χ3v) is 2.08. The molecule has 0 saturated carbocycles. The van der Waals surface area contributed by atoms with Crippen molar-refractivity contribution in [2.24, 2.45) is 0 Å². The number of alkyl halides is 1. The minimum atomic E-state index is 0.623. The van der Waals surface area contributed by atoms with Gasteiger partial charge in [0.1, 0.15) is 5.75 Å². The number of hydrogen-bond acceptors (Lipinski definition) is 2. The molecule has 0 bridgehead atoms. The second-order valence-corrected chi connectivity index (χ2v) is 3.49. The fraction of sp³-hybridized carbons (Fsp3) is 0.273. The highest BCUT2D eigenvalue weighted by Crippen LogP contribution is 2.21. The van der Waals surface area contributed by atoms with E-state index in [-0.39, 0.29) is 0 Å². The maximum atomic E-state index is 5.73. The van der Waals surface area contributed by atoms with Crippen molar-refractivity contribution in [2.45, 2.75) is 6.42 Å². The summed E-state index contributed by atoms with van der Waals surface area (Å²) in [5.74, 6) is 6.74. The van der Waals surface area contributed by atoms with Gasteiger partial charge in [-0.15, -0.1) is 0 Å². The van der Waals surface area contributed by atoms with Crippen LogP contribution < -0.4 is 10.5 Å². The molecule has 74 valence electrons. The van der Waals surface area contributed by atoms with Crippen molar-refractivity contribution in [1.82, 2.24) is 0 Å². The van der Waals surface area contributed by atoms with Gasteiger partial charge >= 0.3 is 0 Å². The van der Waals surface area contributed by atoms with Gasteiger partial charge in [0.2, 0.25) is 0 Å². The molecule has 0 aliphatic heterocycles. The molecule has 14 heavy (non-hydrogen) atoms. The maximum absolute atomic E-state index is 5.73. The minimum Gasteiger partial charge on any atom is -0.495 e. The van der Waals surface area contributed by atoms with E-state index in [1.165, 1.54) is 0 Å². The third-order valence-electron chi connectivity index (χ3n) is 1.68.